The predicted octanol–water partition coefficient (Wildman–Crippen LogP) is 0.337. The standard InChI is InChI=1S/C12H19N3O4/c1-12(2,3)19-6-10(16)15-9(11(17)18)4-8-5-13-7-14-8/h5,7,9H,4,6H2,1-3H3,(H,13,14)(H,15,16)(H,17,18). The van der Waals surface area contributed by atoms with Gasteiger partial charge >= 0.3 is 5.97 Å². The summed E-state index contributed by atoms with van der Waals surface area (Å²) in [5, 5.41) is 11.5. The summed E-state index contributed by atoms with van der Waals surface area (Å²) in [7, 11) is 0. The Morgan fingerprint density at radius 3 is 2.68 bits per heavy atom. The Kier molecular flexibility index (Phi) is 5.05. The lowest BCUT2D eigenvalue weighted by Crippen LogP contribution is -2.44. The van der Waals surface area contributed by atoms with Crippen LogP contribution in [-0.2, 0) is 20.7 Å². The van der Waals surface area contributed by atoms with Crippen molar-refractivity contribution in [3.05, 3.63) is 18.2 Å². The van der Waals surface area contributed by atoms with Gasteiger partial charge in [0.25, 0.3) is 0 Å². The Bertz CT molecular complexity index is 423. The maximum Gasteiger partial charge on any atom is 0.326 e. The average molecular weight is 269 g/mol. The molecule has 1 heterocycles. The molecule has 0 aliphatic heterocycles. The highest BCUT2D eigenvalue weighted by Gasteiger charge is 2.22. The smallest absolute Gasteiger partial charge is 0.326 e. The molecule has 1 aromatic heterocycles. The van der Waals surface area contributed by atoms with Gasteiger partial charge in [0.15, 0.2) is 0 Å². The van der Waals surface area contributed by atoms with Crippen LogP contribution in [0.5, 0.6) is 0 Å². The van der Waals surface area contributed by atoms with Gasteiger partial charge in [-0.25, -0.2) is 9.78 Å². The molecule has 0 fully saturated rings. The maximum atomic E-state index is 11.6. The van der Waals surface area contributed by atoms with E-state index in [0.29, 0.717) is 5.69 Å². The molecule has 106 valence electrons. The van der Waals surface area contributed by atoms with Crippen LogP contribution in [0.1, 0.15) is 26.5 Å². The van der Waals surface area contributed by atoms with Crippen LogP contribution in [0.4, 0.5) is 0 Å². The van der Waals surface area contributed by atoms with E-state index in [0.717, 1.165) is 0 Å². The Morgan fingerprint density at radius 1 is 1.53 bits per heavy atom. The number of imidazole rings is 1. The van der Waals surface area contributed by atoms with Crippen LogP contribution in [0.15, 0.2) is 12.5 Å². The fourth-order valence-electron chi connectivity index (χ4n) is 1.33. The zero-order valence-corrected chi connectivity index (χ0v) is 11.3. The minimum Gasteiger partial charge on any atom is -0.480 e. The average Bonchev–Trinajstić information content (AvgIpc) is 2.77. The number of hydrogen-bond acceptors (Lipinski definition) is 4. The zero-order chi connectivity index (χ0) is 14.5. The summed E-state index contributed by atoms with van der Waals surface area (Å²) in [4.78, 5) is 29.3. The van der Waals surface area contributed by atoms with Gasteiger partial charge < -0.3 is 20.1 Å². The number of aromatic nitrogens is 2. The van der Waals surface area contributed by atoms with Crippen LogP contribution >= 0.6 is 0 Å². The topological polar surface area (TPSA) is 104 Å². The Hall–Kier alpha value is -1.89. The van der Waals surface area contributed by atoms with E-state index in [1.807, 2.05) is 20.8 Å². The normalized spacial score (nSPS) is 13.0. The number of ether oxygens (including phenoxy) is 1. The third-order valence-electron chi connectivity index (χ3n) is 2.25. The maximum absolute atomic E-state index is 11.6. The van der Waals surface area contributed by atoms with Gasteiger partial charge in [-0.15, -0.1) is 0 Å². The first kappa shape index (κ1) is 15.2. The van der Waals surface area contributed by atoms with Gasteiger partial charge in [-0.2, -0.15) is 0 Å². The van der Waals surface area contributed by atoms with Crippen molar-refractivity contribution >= 4 is 11.9 Å². The number of carboxylic acids is 1. The van der Waals surface area contributed by atoms with Crippen molar-refractivity contribution in [2.24, 2.45) is 0 Å². The molecule has 3 N–H and O–H groups in total. The van der Waals surface area contributed by atoms with E-state index < -0.39 is 23.5 Å². The van der Waals surface area contributed by atoms with Crippen LogP contribution < -0.4 is 5.32 Å². The van der Waals surface area contributed by atoms with Crippen LogP contribution in [0.2, 0.25) is 0 Å². The molecule has 1 rings (SSSR count). The van der Waals surface area contributed by atoms with Gasteiger partial charge in [-0.05, 0) is 20.8 Å². The second kappa shape index (κ2) is 6.33. The summed E-state index contributed by atoms with van der Waals surface area (Å²) in [5.41, 5.74) is 0.198. The van der Waals surface area contributed by atoms with E-state index in [9.17, 15) is 9.59 Å². The highest BCUT2D eigenvalue weighted by Crippen LogP contribution is 2.06. The lowest BCUT2D eigenvalue weighted by atomic mass is 10.1. The largest absolute Gasteiger partial charge is 0.480 e. The van der Waals surface area contributed by atoms with E-state index in [2.05, 4.69) is 15.3 Å². The number of aromatic amines is 1. The number of H-pyrrole nitrogens is 1. The highest BCUT2D eigenvalue weighted by atomic mass is 16.5. The summed E-state index contributed by atoms with van der Waals surface area (Å²) in [5.74, 6) is -1.56. The number of rotatable bonds is 6. The molecular weight excluding hydrogens is 250 g/mol. The fourth-order valence-corrected chi connectivity index (χ4v) is 1.33. The molecule has 0 aromatic carbocycles. The molecular formula is C12H19N3O4. The van der Waals surface area contributed by atoms with E-state index in [-0.39, 0.29) is 13.0 Å². The molecule has 0 aliphatic rings. The first-order valence-corrected chi connectivity index (χ1v) is 5.91. The number of hydrogen-bond donors (Lipinski definition) is 3. The van der Waals surface area contributed by atoms with Crippen molar-refractivity contribution in [2.45, 2.75) is 38.8 Å². The van der Waals surface area contributed by atoms with Crippen LogP contribution in [0.25, 0.3) is 0 Å². The summed E-state index contributed by atoms with van der Waals surface area (Å²) in [6, 6.07) is -1.00. The number of carboxylic acid groups (broad SMARTS) is 1. The van der Waals surface area contributed by atoms with Crippen molar-refractivity contribution in [3.63, 3.8) is 0 Å². The lowest BCUT2D eigenvalue weighted by Gasteiger charge is -2.20. The van der Waals surface area contributed by atoms with Crippen LogP contribution in [0, 0.1) is 0 Å². The molecule has 19 heavy (non-hydrogen) atoms. The van der Waals surface area contributed by atoms with Crippen molar-refractivity contribution in [1.29, 1.82) is 0 Å². The Labute approximate surface area is 111 Å². The second-order valence-corrected chi connectivity index (χ2v) is 5.14. The monoisotopic (exact) mass is 269 g/mol. The molecule has 7 nitrogen and oxygen atoms in total. The van der Waals surface area contributed by atoms with Gasteiger partial charge in [0.05, 0.1) is 11.9 Å². The molecule has 0 spiro atoms. The summed E-state index contributed by atoms with van der Waals surface area (Å²) < 4.78 is 5.28. The molecule has 1 unspecified atom stereocenters. The number of carbonyl (C=O) groups excluding carboxylic acids is 1. The highest BCUT2D eigenvalue weighted by molar-refractivity contribution is 5.84. The van der Waals surface area contributed by atoms with Crippen LogP contribution in [-0.4, -0.2) is 45.2 Å². The zero-order valence-electron chi connectivity index (χ0n) is 11.3. The molecule has 7 heteroatoms. The molecule has 0 bridgehead atoms. The summed E-state index contributed by atoms with van der Waals surface area (Å²) >= 11 is 0. The van der Waals surface area contributed by atoms with Gasteiger partial charge in [0.1, 0.15) is 12.6 Å². The molecule has 0 aliphatic carbocycles. The second-order valence-electron chi connectivity index (χ2n) is 5.14. The first-order chi connectivity index (χ1) is 8.78. The van der Waals surface area contributed by atoms with Crippen LogP contribution in [0.3, 0.4) is 0 Å². The molecule has 0 saturated heterocycles. The summed E-state index contributed by atoms with van der Waals surface area (Å²) in [6.45, 7) is 5.29. The fraction of sp³-hybridized carbons (Fsp3) is 0.583. The van der Waals surface area contributed by atoms with E-state index in [1.165, 1.54) is 12.5 Å². The molecule has 0 saturated carbocycles. The van der Waals surface area contributed by atoms with Crippen molar-refractivity contribution in [2.75, 3.05) is 6.61 Å². The van der Waals surface area contributed by atoms with Crippen molar-refractivity contribution in [3.8, 4) is 0 Å². The molecule has 1 aromatic rings. The predicted molar refractivity (Wildman–Crippen MR) is 67.6 cm³/mol. The number of nitrogens with zero attached hydrogens (tertiary/aromatic N) is 1. The first-order valence-electron chi connectivity index (χ1n) is 5.91. The Balaban J connectivity index is 2.49. The van der Waals surface area contributed by atoms with Crippen molar-refractivity contribution in [1.82, 2.24) is 15.3 Å². The third-order valence-corrected chi connectivity index (χ3v) is 2.25. The van der Waals surface area contributed by atoms with Gasteiger partial charge in [-0.3, -0.25) is 4.79 Å². The number of nitrogens with one attached hydrogen (secondary N) is 2. The van der Waals surface area contributed by atoms with E-state index in [1.54, 1.807) is 0 Å². The minimum atomic E-state index is -1.10. The third kappa shape index (κ3) is 6.01. The minimum absolute atomic E-state index is 0.149. The molecule has 1 amide bonds. The molecule has 0 radical (unpaired) electrons. The summed E-state index contributed by atoms with van der Waals surface area (Å²) in [6.07, 6.45) is 3.13. The van der Waals surface area contributed by atoms with E-state index >= 15 is 0 Å². The Morgan fingerprint density at radius 2 is 2.21 bits per heavy atom. The van der Waals surface area contributed by atoms with E-state index in [4.69, 9.17) is 9.84 Å². The van der Waals surface area contributed by atoms with Gasteiger partial charge in [-0.1, -0.05) is 0 Å². The van der Waals surface area contributed by atoms with Crippen molar-refractivity contribution < 1.29 is 19.4 Å². The number of carbonyl (C=O) groups is 2. The van der Waals surface area contributed by atoms with Gasteiger partial charge in [0, 0.05) is 18.3 Å². The molecule has 1 atom stereocenters. The number of aliphatic carboxylic acids is 1. The quantitative estimate of drug-likeness (QED) is 0.690. The lowest BCUT2D eigenvalue weighted by molar-refractivity contribution is -0.143. The number of amides is 1. The SMILES string of the molecule is CC(C)(C)OCC(=O)NC(Cc1cnc[nH]1)C(=O)O. The van der Waals surface area contributed by atoms with Gasteiger partial charge in [0.2, 0.25) is 5.91 Å².